The Morgan fingerprint density at radius 3 is 2.86 bits per heavy atom. The first-order valence-corrected chi connectivity index (χ1v) is 7.26. The molecule has 0 amide bonds. The first-order chi connectivity index (χ1) is 10.2. The van der Waals surface area contributed by atoms with Crippen LogP contribution in [-0.4, -0.2) is 29.9 Å². The number of rotatable bonds is 8. The van der Waals surface area contributed by atoms with Gasteiger partial charge < -0.3 is 19.4 Å². The summed E-state index contributed by atoms with van der Waals surface area (Å²) in [5, 5.41) is 3.34. The number of hydrogen-bond donors (Lipinski definition) is 1. The highest BCUT2D eigenvalue weighted by Gasteiger charge is 2.08. The summed E-state index contributed by atoms with van der Waals surface area (Å²) in [7, 11) is 1.67. The predicted molar refractivity (Wildman–Crippen MR) is 84.4 cm³/mol. The normalized spacial score (nSPS) is 10.6. The molecule has 0 fully saturated rings. The van der Waals surface area contributed by atoms with Gasteiger partial charge in [0, 0.05) is 26.0 Å². The van der Waals surface area contributed by atoms with E-state index >= 15 is 0 Å². The lowest BCUT2D eigenvalue weighted by Crippen LogP contribution is -2.06. The summed E-state index contributed by atoms with van der Waals surface area (Å²) in [5.74, 6) is 1.63. The highest BCUT2D eigenvalue weighted by atomic mass is 16.5. The smallest absolute Gasteiger partial charge is 0.207 e. The van der Waals surface area contributed by atoms with Crippen molar-refractivity contribution < 1.29 is 9.47 Å². The Bertz CT molecular complexity index is 566. The van der Waals surface area contributed by atoms with Crippen molar-refractivity contribution in [3.8, 4) is 5.75 Å². The second-order valence-corrected chi connectivity index (χ2v) is 4.78. The number of aromatic nitrogens is 2. The van der Waals surface area contributed by atoms with Crippen molar-refractivity contribution in [2.45, 2.75) is 26.8 Å². The van der Waals surface area contributed by atoms with E-state index in [1.54, 1.807) is 7.11 Å². The number of aryl methyl sites for hydroxylation is 2. The lowest BCUT2D eigenvalue weighted by molar-refractivity contribution is 0.142. The summed E-state index contributed by atoms with van der Waals surface area (Å²) < 4.78 is 12.9. The molecule has 0 spiro atoms. The van der Waals surface area contributed by atoms with Gasteiger partial charge in [0.05, 0.1) is 18.5 Å². The van der Waals surface area contributed by atoms with Crippen LogP contribution in [0, 0.1) is 6.92 Å². The average molecular weight is 289 g/mol. The van der Waals surface area contributed by atoms with Gasteiger partial charge in [0.1, 0.15) is 5.75 Å². The summed E-state index contributed by atoms with van der Waals surface area (Å²) in [6.07, 6.45) is 3.01. The quantitative estimate of drug-likeness (QED) is 0.757. The van der Waals surface area contributed by atoms with E-state index in [2.05, 4.69) is 14.9 Å². The van der Waals surface area contributed by atoms with Crippen molar-refractivity contribution in [2.24, 2.45) is 0 Å². The Morgan fingerprint density at radius 1 is 1.29 bits per heavy atom. The maximum atomic E-state index is 5.38. The molecule has 21 heavy (non-hydrogen) atoms. The van der Waals surface area contributed by atoms with E-state index in [0.717, 1.165) is 49.3 Å². The molecule has 2 rings (SSSR count). The number of hydrogen-bond acceptors (Lipinski definition) is 4. The van der Waals surface area contributed by atoms with E-state index in [4.69, 9.17) is 9.47 Å². The maximum absolute atomic E-state index is 5.38. The molecule has 114 valence electrons. The molecular weight excluding hydrogens is 266 g/mol. The molecule has 0 aliphatic heterocycles. The van der Waals surface area contributed by atoms with Crippen LogP contribution in [-0.2, 0) is 11.3 Å². The molecule has 0 unspecified atom stereocenters. The van der Waals surface area contributed by atoms with E-state index in [0.29, 0.717) is 0 Å². The zero-order chi connectivity index (χ0) is 15.1. The van der Waals surface area contributed by atoms with Crippen LogP contribution < -0.4 is 10.1 Å². The van der Waals surface area contributed by atoms with Crippen molar-refractivity contribution in [1.29, 1.82) is 0 Å². The Hall–Kier alpha value is -2.01. The van der Waals surface area contributed by atoms with Gasteiger partial charge in [-0.3, -0.25) is 0 Å². The Morgan fingerprint density at radius 2 is 2.10 bits per heavy atom. The fourth-order valence-corrected chi connectivity index (χ4v) is 2.17. The number of nitrogens with one attached hydrogen (secondary N) is 1. The van der Waals surface area contributed by atoms with Crippen molar-refractivity contribution in [2.75, 3.05) is 25.6 Å². The number of methoxy groups -OCH3 is 1. The van der Waals surface area contributed by atoms with Gasteiger partial charge in [-0.25, -0.2) is 4.98 Å². The predicted octanol–water partition coefficient (Wildman–Crippen LogP) is 3.37. The molecule has 0 aliphatic rings. The number of benzene rings is 1. The van der Waals surface area contributed by atoms with Crippen LogP contribution in [0.5, 0.6) is 5.75 Å². The first-order valence-electron chi connectivity index (χ1n) is 7.26. The molecule has 2 aromatic rings. The lowest BCUT2D eigenvalue weighted by atomic mass is 10.3. The summed E-state index contributed by atoms with van der Waals surface area (Å²) in [4.78, 5) is 4.54. The van der Waals surface area contributed by atoms with E-state index in [9.17, 15) is 0 Å². The molecule has 0 atom stereocenters. The van der Waals surface area contributed by atoms with Crippen molar-refractivity contribution >= 4 is 11.6 Å². The van der Waals surface area contributed by atoms with Crippen LogP contribution in [0.15, 0.2) is 30.5 Å². The van der Waals surface area contributed by atoms with E-state index in [1.807, 2.05) is 44.3 Å². The Balaban J connectivity index is 2.08. The number of ether oxygens (including phenoxy) is 2. The molecule has 1 N–H and O–H groups in total. The summed E-state index contributed by atoms with van der Waals surface area (Å²) in [5.41, 5.74) is 1.90. The van der Waals surface area contributed by atoms with Crippen LogP contribution in [0.3, 0.4) is 0 Å². The molecule has 1 aromatic heterocycles. The number of anilines is 2. The third kappa shape index (κ3) is 4.23. The molecule has 1 aromatic carbocycles. The van der Waals surface area contributed by atoms with Crippen LogP contribution >= 0.6 is 0 Å². The maximum Gasteiger partial charge on any atom is 0.207 e. The molecule has 0 radical (unpaired) electrons. The minimum atomic E-state index is 0.759. The van der Waals surface area contributed by atoms with Crippen LogP contribution in [0.25, 0.3) is 0 Å². The van der Waals surface area contributed by atoms with Gasteiger partial charge in [0.2, 0.25) is 5.95 Å². The topological polar surface area (TPSA) is 48.3 Å². The number of nitrogens with zero attached hydrogens (tertiary/aromatic N) is 2. The molecular formula is C16H23N3O2. The van der Waals surface area contributed by atoms with Gasteiger partial charge in [0.25, 0.3) is 0 Å². The molecule has 1 heterocycles. The highest BCUT2D eigenvalue weighted by Crippen LogP contribution is 2.26. The second kappa shape index (κ2) is 7.69. The third-order valence-electron chi connectivity index (χ3n) is 3.14. The van der Waals surface area contributed by atoms with Crippen LogP contribution in [0.1, 0.15) is 19.0 Å². The van der Waals surface area contributed by atoms with E-state index in [-0.39, 0.29) is 0 Å². The second-order valence-electron chi connectivity index (χ2n) is 4.78. The minimum Gasteiger partial charge on any atom is -0.495 e. The fourth-order valence-electron chi connectivity index (χ4n) is 2.17. The van der Waals surface area contributed by atoms with Gasteiger partial charge in [-0.15, -0.1) is 0 Å². The third-order valence-corrected chi connectivity index (χ3v) is 3.14. The van der Waals surface area contributed by atoms with Crippen molar-refractivity contribution in [3.05, 3.63) is 36.2 Å². The number of imidazole rings is 1. The molecule has 0 saturated carbocycles. The summed E-state index contributed by atoms with van der Waals surface area (Å²) in [6.45, 7) is 6.40. The summed E-state index contributed by atoms with van der Waals surface area (Å²) >= 11 is 0. The zero-order valence-electron chi connectivity index (χ0n) is 12.9. The minimum absolute atomic E-state index is 0.759. The van der Waals surface area contributed by atoms with Gasteiger partial charge in [-0.2, -0.15) is 0 Å². The van der Waals surface area contributed by atoms with Gasteiger partial charge >= 0.3 is 0 Å². The van der Waals surface area contributed by atoms with Crippen LogP contribution in [0.2, 0.25) is 0 Å². The molecule has 5 heteroatoms. The SMILES string of the molecule is CCOCCCn1cc(C)nc1Nc1ccccc1OC. The fraction of sp³-hybridized carbons (Fsp3) is 0.438. The van der Waals surface area contributed by atoms with Gasteiger partial charge in [0.15, 0.2) is 0 Å². The molecule has 0 bridgehead atoms. The standard InChI is InChI=1S/C16H23N3O2/c1-4-21-11-7-10-19-12-13(2)17-16(19)18-14-8-5-6-9-15(14)20-3/h5-6,8-9,12H,4,7,10-11H2,1-3H3,(H,17,18). The van der Waals surface area contributed by atoms with E-state index in [1.165, 1.54) is 0 Å². The monoisotopic (exact) mass is 289 g/mol. The van der Waals surface area contributed by atoms with Crippen LogP contribution in [0.4, 0.5) is 11.6 Å². The van der Waals surface area contributed by atoms with Gasteiger partial charge in [-0.1, -0.05) is 12.1 Å². The molecule has 0 saturated heterocycles. The first kappa shape index (κ1) is 15.4. The summed E-state index contributed by atoms with van der Waals surface area (Å²) in [6, 6.07) is 7.83. The highest BCUT2D eigenvalue weighted by molar-refractivity contribution is 5.62. The van der Waals surface area contributed by atoms with Crippen molar-refractivity contribution in [3.63, 3.8) is 0 Å². The Labute approximate surface area is 125 Å². The average Bonchev–Trinajstić information content (AvgIpc) is 2.84. The van der Waals surface area contributed by atoms with Crippen molar-refractivity contribution in [1.82, 2.24) is 9.55 Å². The molecule has 0 aliphatic carbocycles. The lowest BCUT2D eigenvalue weighted by Gasteiger charge is -2.12. The van der Waals surface area contributed by atoms with E-state index < -0.39 is 0 Å². The largest absolute Gasteiger partial charge is 0.495 e. The zero-order valence-corrected chi connectivity index (χ0v) is 12.9. The Kier molecular flexibility index (Phi) is 5.63. The number of para-hydroxylation sites is 2. The molecule has 5 nitrogen and oxygen atoms in total. The van der Waals surface area contributed by atoms with Gasteiger partial charge in [-0.05, 0) is 32.4 Å².